The number of hydrogen-bond donors (Lipinski definition) is 1. The second kappa shape index (κ2) is 6.61. The molecular weight excluding hydrogens is 262 g/mol. The summed E-state index contributed by atoms with van der Waals surface area (Å²) in [5, 5.41) is 3.49. The molecule has 0 bridgehead atoms. The van der Waals surface area contributed by atoms with Crippen LogP contribution in [0.4, 0.5) is 0 Å². The molecule has 2 unspecified atom stereocenters. The molecule has 1 aromatic carbocycles. The van der Waals surface area contributed by atoms with Crippen molar-refractivity contribution in [3.05, 3.63) is 35.4 Å². The number of nitrogens with one attached hydrogen (secondary N) is 1. The first-order chi connectivity index (χ1) is 10.3. The molecule has 1 aromatic rings. The van der Waals surface area contributed by atoms with Crippen LogP contribution in [0.3, 0.4) is 0 Å². The van der Waals surface area contributed by atoms with Gasteiger partial charge in [0.05, 0.1) is 13.0 Å². The summed E-state index contributed by atoms with van der Waals surface area (Å²) in [4.78, 5) is 12.2. The van der Waals surface area contributed by atoms with Crippen LogP contribution in [0, 0.1) is 0 Å². The Labute approximate surface area is 127 Å². The van der Waals surface area contributed by atoms with Crippen LogP contribution in [0.25, 0.3) is 0 Å². The van der Waals surface area contributed by atoms with Crippen LogP contribution < -0.4 is 5.32 Å². The summed E-state index contributed by atoms with van der Waals surface area (Å²) in [6.45, 7) is 0.998. The SMILES string of the molecule is COC(=O)C(c1ccc(C2CCC2)cc1)C1CCCCN1. The van der Waals surface area contributed by atoms with Crippen molar-refractivity contribution in [3.63, 3.8) is 0 Å². The predicted molar refractivity (Wildman–Crippen MR) is 83.4 cm³/mol. The number of ether oxygens (including phenoxy) is 1. The fourth-order valence-corrected chi connectivity index (χ4v) is 3.54. The second-order valence-corrected chi connectivity index (χ2v) is 6.35. The fraction of sp³-hybridized carbons (Fsp3) is 0.611. The summed E-state index contributed by atoms with van der Waals surface area (Å²) in [5.41, 5.74) is 2.51. The minimum Gasteiger partial charge on any atom is -0.469 e. The lowest BCUT2D eigenvalue weighted by Crippen LogP contribution is -2.42. The maximum Gasteiger partial charge on any atom is 0.314 e. The van der Waals surface area contributed by atoms with Crippen LogP contribution in [0.2, 0.25) is 0 Å². The minimum absolute atomic E-state index is 0.120. The molecule has 3 heteroatoms. The molecule has 3 rings (SSSR count). The monoisotopic (exact) mass is 287 g/mol. The third-order valence-corrected chi connectivity index (χ3v) is 5.08. The largest absolute Gasteiger partial charge is 0.469 e. The summed E-state index contributed by atoms with van der Waals surface area (Å²) in [6.07, 6.45) is 7.40. The van der Waals surface area contributed by atoms with E-state index in [1.807, 2.05) is 0 Å². The maximum atomic E-state index is 12.2. The molecule has 1 heterocycles. The summed E-state index contributed by atoms with van der Waals surface area (Å²) in [5.74, 6) is 0.444. The molecule has 2 atom stereocenters. The first-order valence-electron chi connectivity index (χ1n) is 8.20. The number of piperidine rings is 1. The van der Waals surface area contributed by atoms with Crippen molar-refractivity contribution in [2.75, 3.05) is 13.7 Å². The molecule has 1 saturated carbocycles. The van der Waals surface area contributed by atoms with Crippen LogP contribution in [0.1, 0.15) is 61.5 Å². The van der Waals surface area contributed by atoms with Crippen molar-refractivity contribution >= 4 is 5.97 Å². The number of carbonyl (C=O) groups excluding carboxylic acids is 1. The molecule has 1 aliphatic carbocycles. The topological polar surface area (TPSA) is 38.3 Å². The highest BCUT2D eigenvalue weighted by Gasteiger charge is 2.32. The third-order valence-electron chi connectivity index (χ3n) is 5.08. The fourth-order valence-electron chi connectivity index (χ4n) is 3.54. The second-order valence-electron chi connectivity index (χ2n) is 6.35. The van der Waals surface area contributed by atoms with Gasteiger partial charge in [0.2, 0.25) is 0 Å². The van der Waals surface area contributed by atoms with Crippen LogP contribution in [-0.4, -0.2) is 25.7 Å². The van der Waals surface area contributed by atoms with Crippen molar-refractivity contribution in [2.24, 2.45) is 0 Å². The molecule has 2 fully saturated rings. The first-order valence-corrected chi connectivity index (χ1v) is 8.20. The van der Waals surface area contributed by atoms with Gasteiger partial charge in [0.1, 0.15) is 0 Å². The van der Waals surface area contributed by atoms with Gasteiger partial charge in [-0.05, 0) is 49.3 Å². The molecular formula is C18H25NO2. The Kier molecular flexibility index (Phi) is 4.59. The van der Waals surface area contributed by atoms with Crippen LogP contribution in [-0.2, 0) is 9.53 Å². The average Bonchev–Trinajstić information content (AvgIpc) is 2.48. The van der Waals surface area contributed by atoms with Gasteiger partial charge in [-0.1, -0.05) is 37.1 Å². The van der Waals surface area contributed by atoms with E-state index in [1.165, 1.54) is 44.8 Å². The number of carbonyl (C=O) groups is 1. The Morgan fingerprint density at radius 2 is 1.90 bits per heavy atom. The zero-order chi connectivity index (χ0) is 14.7. The average molecular weight is 287 g/mol. The van der Waals surface area contributed by atoms with E-state index in [4.69, 9.17) is 4.74 Å². The van der Waals surface area contributed by atoms with Gasteiger partial charge >= 0.3 is 5.97 Å². The van der Waals surface area contributed by atoms with E-state index < -0.39 is 0 Å². The highest BCUT2D eigenvalue weighted by atomic mass is 16.5. The number of benzene rings is 1. The van der Waals surface area contributed by atoms with E-state index in [9.17, 15) is 4.79 Å². The molecule has 2 aliphatic rings. The van der Waals surface area contributed by atoms with Crippen molar-refractivity contribution < 1.29 is 9.53 Å². The van der Waals surface area contributed by atoms with E-state index >= 15 is 0 Å². The van der Waals surface area contributed by atoms with Gasteiger partial charge < -0.3 is 10.1 Å². The third kappa shape index (κ3) is 3.13. The van der Waals surface area contributed by atoms with Crippen molar-refractivity contribution in [3.8, 4) is 0 Å². The van der Waals surface area contributed by atoms with E-state index in [0.29, 0.717) is 0 Å². The molecule has 114 valence electrons. The minimum atomic E-state index is -0.175. The zero-order valence-corrected chi connectivity index (χ0v) is 12.8. The highest BCUT2D eigenvalue weighted by Crippen LogP contribution is 2.37. The quantitative estimate of drug-likeness (QED) is 0.863. The van der Waals surface area contributed by atoms with Crippen molar-refractivity contribution in [1.29, 1.82) is 0 Å². The van der Waals surface area contributed by atoms with Gasteiger partial charge in [-0.3, -0.25) is 4.79 Å². The van der Waals surface area contributed by atoms with Gasteiger partial charge in [-0.15, -0.1) is 0 Å². The van der Waals surface area contributed by atoms with Crippen LogP contribution in [0.15, 0.2) is 24.3 Å². The number of rotatable bonds is 4. The Balaban J connectivity index is 1.79. The van der Waals surface area contributed by atoms with E-state index in [1.54, 1.807) is 0 Å². The van der Waals surface area contributed by atoms with E-state index in [2.05, 4.69) is 29.6 Å². The number of methoxy groups -OCH3 is 1. The molecule has 1 saturated heterocycles. The van der Waals surface area contributed by atoms with E-state index in [0.717, 1.165) is 24.4 Å². The molecule has 0 radical (unpaired) electrons. The summed E-state index contributed by atoms with van der Waals surface area (Å²) < 4.78 is 5.05. The normalized spacial score (nSPS) is 24.1. The summed E-state index contributed by atoms with van der Waals surface area (Å²) in [6, 6.07) is 8.88. The summed E-state index contributed by atoms with van der Waals surface area (Å²) in [7, 11) is 1.49. The molecule has 1 aliphatic heterocycles. The van der Waals surface area contributed by atoms with Gasteiger partial charge in [0.25, 0.3) is 0 Å². The van der Waals surface area contributed by atoms with Gasteiger partial charge in [-0.25, -0.2) is 0 Å². The molecule has 21 heavy (non-hydrogen) atoms. The molecule has 0 aromatic heterocycles. The van der Waals surface area contributed by atoms with Crippen molar-refractivity contribution in [2.45, 2.75) is 56.4 Å². The number of hydrogen-bond acceptors (Lipinski definition) is 3. The maximum absolute atomic E-state index is 12.2. The first kappa shape index (κ1) is 14.6. The van der Waals surface area contributed by atoms with E-state index in [-0.39, 0.29) is 17.9 Å². The number of esters is 1. The Hall–Kier alpha value is -1.35. The Morgan fingerprint density at radius 1 is 1.14 bits per heavy atom. The lowest BCUT2D eigenvalue weighted by Gasteiger charge is -2.30. The standard InChI is InChI=1S/C18H25NO2/c1-21-18(20)17(16-7-2-3-12-19-16)15-10-8-14(9-11-15)13-5-4-6-13/h8-11,13,16-17,19H,2-7,12H2,1H3. The van der Waals surface area contributed by atoms with Gasteiger partial charge in [-0.2, -0.15) is 0 Å². The molecule has 3 nitrogen and oxygen atoms in total. The molecule has 1 N–H and O–H groups in total. The Bertz CT molecular complexity index is 472. The van der Waals surface area contributed by atoms with Crippen LogP contribution in [0.5, 0.6) is 0 Å². The highest BCUT2D eigenvalue weighted by molar-refractivity contribution is 5.79. The lowest BCUT2D eigenvalue weighted by molar-refractivity contribution is -0.143. The zero-order valence-electron chi connectivity index (χ0n) is 12.8. The molecule has 0 amide bonds. The van der Waals surface area contributed by atoms with Gasteiger partial charge in [0, 0.05) is 6.04 Å². The van der Waals surface area contributed by atoms with Gasteiger partial charge in [0.15, 0.2) is 0 Å². The smallest absolute Gasteiger partial charge is 0.314 e. The predicted octanol–water partition coefficient (Wildman–Crippen LogP) is 3.35. The lowest BCUT2D eigenvalue weighted by atomic mass is 9.79. The van der Waals surface area contributed by atoms with Crippen molar-refractivity contribution in [1.82, 2.24) is 5.32 Å². The Morgan fingerprint density at radius 3 is 2.43 bits per heavy atom. The molecule has 0 spiro atoms. The summed E-state index contributed by atoms with van der Waals surface area (Å²) >= 11 is 0. The van der Waals surface area contributed by atoms with Crippen LogP contribution >= 0.6 is 0 Å².